The molecule has 6 heteroatoms. The van der Waals surface area contributed by atoms with E-state index < -0.39 is 0 Å². The summed E-state index contributed by atoms with van der Waals surface area (Å²) >= 11 is 0. The summed E-state index contributed by atoms with van der Waals surface area (Å²) in [6.45, 7) is 5.54. The van der Waals surface area contributed by atoms with E-state index in [2.05, 4.69) is 4.98 Å². The lowest BCUT2D eigenvalue weighted by molar-refractivity contribution is -0.141. The number of aryl methyl sites for hydroxylation is 2. The van der Waals surface area contributed by atoms with Crippen LogP contribution in [0.2, 0.25) is 0 Å². The van der Waals surface area contributed by atoms with Crippen molar-refractivity contribution in [3.63, 3.8) is 0 Å². The third-order valence-corrected chi connectivity index (χ3v) is 4.18. The van der Waals surface area contributed by atoms with Crippen LogP contribution < -0.4 is 5.56 Å². The summed E-state index contributed by atoms with van der Waals surface area (Å²) in [7, 11) is 1.90. The van der Waals surface area contributed by atoms with Crippen LogP contribution >= 0.6 is 0 Å². The summed E-state index contributed by atoms with van der Waals surface area (Å²) in [4.78, 5) is 17.4. The number of aromatic nitrogens is 3. The van der Waals surface area contributed by atoms with Crippen LogP contribution in [0.15, 0.2) is 35.4 Å². The summed E-state index contributed by atoms with van der Waals surface area (Å²) in [5.41, 5.74) is 2.35. The molecule has 0 saturated carbocycles. The van der Waals surface area contributed by atoms with Gasteiger partial charge in [-0.1, -0.05) is 18.2 Å². The van der Waals surface area contributed by atoms with Crippen LogP contribution in [0.3, 0.4) is 0 Å². The van der Waals surface area contributed by atoms with Gasteiger partial charge in [-0.05, 0) is 19.9 Å². The van der Waals surface area contributed by atoms with Crippen molar-refractivity contribution in [3.05, 3.63) is 40.9 Å². The largest absolute Gasteiger partial charge is 0.353 e. The van der Waals surface area contributed by atoms with E-state index in [0.29, 0.717) is 31.7 Å². The molecule has 0 atom stereocenters. The fraction of sp³-hybridized carbons (Fsp3) is 0.444. The first-order chi connectivity index (χ1) is 11.7. The zero-order valence-electron chi connectivity index (χ0n) is 14.4. The lowest BCUT2D eigenvalue weighted by Gasteiger charge is -2.17. The van der Waals surface area contributed by atoms with E-state index in [1.54, 1.807) is 10.9 Å². The van der Waals surface area contributed by atoms with Gasteiger partial charge in [-0.25, -0.2) is 4.98 Å². The van der Waals surface area contributed by atoms with Gasteiger partial charge in [-0.3, -0.25) is 9.36 Å². The maximum atomic E-state index is 12.9. The summed E-state index contributed by atoms with van der Waals surface area (Å²) in [6.07, 6.45) is 1.93. The SMILES string of the molecule is CCOC(CCn1cnc2c3ccccc3n(C)c2c1=O)OCC. The fourth-order valence-corrected chi connectivity index (χ4v) is 3.05. The van der Waals surface area contributed by atoms with Gasteiger partial charge in [0.15, 0.2) is 6.29 Å². The van der Waals surface area contributed by atoms with Crippen molar-refractivity contribution in [2.75, 3.05) is 13.2 Å². The molecule has 0 fully saturated rings. The average Bonchev–Trinajstić information content (AvgIpc) is 2.88. The quantitative estimate of drug-likeness (QED) is 0.625. The Labute approximate surface area is 140 Å². The number of ether oxygens (including phenoxy) is 2. The molecule has 2 aromatic heterocycles. The predicted octanol–water partition coefficient (Wildman–Crippen LogP) is 2.68. The minimum absolute atomic E-state index is 0.0366. The summed E-state index contributed by atoms with van der Waals surface area (Å²) in [6, 6.07) is 7.92. The molecule has 0 aliphatic heterocycles. The summed E-state index contributed by atoms with van der Waals surface area (Å²) in [5, 5.41) is 1.00. The molecule has 0 unspecified atom stereocenters. The van der Waals surface area contributed by atoms with Crippen molar-refractivity contribution in [2.24, 2.45) is 7.05 Å². The summed E-state index contributed by atoms with van der Waals surface area (Å²) < 4.78 is 14.6. The standard InChI is InChI=1S/C18H23N3O3/c1-4-23-15(24-5-2)10-11-21-12-19-16-13-8-6-7-9-14(13)20(3)17(16)18(21)22/h6-9,12,15H,4-5,10-11H2,1-3H3. The molecule has 0 radical (unpaired) electrons. The Morgan fingerprint density at radius 2 is 1.88 bits per heavy atom. The first-order valence-electron chi connectivity index (χ1n) is 8.33. The third-order valence-electron chi connectivity index (χ3n) is 4.18. The lowest BCUT2D eigenvalue weighted by Crippen LogP contribution is -2.26. The van der Waals surface area contributed by atoms with Crippen LogP contribution in [-0.4, -0.2) is 33.6 Å². The molecule has 0 amide bonds. The van der Waals surface area contributed by atoms with Crippen molar-refractivity contribution in [3.8, 4) is 0 Å². The highest BCUT2D eigenvalue weighted by atomic mass is 16.7. The first-order valence-corrected chi connectivity index (χ1v) is 8.33. The highest BCUT2D eigenvalue weighted by molar-refractivity contribution is 6.05. The van der Waals surface area contributed by atoms with Gasteiger partial charge in [0.1, 0.15) is 11.0 Å². The lowest BCUT2D eigenvalue weighted by atomic mass is 10.2. The highest BCUT2D eigenvalue weighted by Gasteiger charge is 2.15. The molecule has 0 aliphatic carbocycles. The number of para-hydroxylation sites is 1. The molecular formula is C18H23N3O3. The Balaban J connectivity index is 1.96. The number of hydrogen-bond donors (Lipinski definition) is 0. The second kappa shape index (κ2) is 7.15. The van der Waals surface area contributed by atoms with E-state index >= 15 is 0 Å². The molecule has 24 heavy (non-hydrogen) atoms. The Hall–Kier alpha value is -2.18. The van der Waals surface area contributed by atoms with E-state index in [-0.39, 0.29) is 11.8 Å². The Morgan fingerprint density at radius 1 is 1.17 bits per heavy atom. The van der Waals surface area contributed by atoms with Gasteiger partial charge in [-0.15, -0.1) is 0 Å². The van der Waals surface area contributed by atoms with E-state index in [9.17, 15) is 4.79 Å². The Kier molecular flexibility index (Phi) is 4.97. The van der Waals surface area contributed by atoms with Gasteiger partial charge in [0.25, 0.3) is 5.56 Å². The smallest absolute Gasteiger partial charge is 0.277 e. The van der Waals surface area contributed by atoms with Crippen molar-refractivity contribution < 1.29 is 9.47 Å². The van der Waals surface area contributed by atoms with Gasteiger partial charge in [-0.2, -0.15) is 0 Å². The first kappa shape index (κ1) is 16.7. The summed E-state index contributed by atoms with van der Waals surface area (Å²) in [5.74, 6) is 0. The second-order valence-electron chi connectivity index (χ2n) is 5.65. The van der Waals surface area contributed by atoms with Crippen molar-refractivity contribution in [2.45, 2.75) is 33.1 Å². The molecule has 128 valence electrons. The molecular weight excluding hydrogens is 306 g/mol. The van der Waals surface area contributed by atoms with Gasteiger partial charge in [0.2, 0.25) is 0 Å². The maximum Gasteiger partial charge on any atom is 0.277 e. The number of fused-ring (bicyclic) bond motifs is 3. The number of benzene rings is 1. The number of nitrogens with zero attached hydrogens (tertiary/aromatic N) is 3. The highest BCUT2D eigenvalue weighted by Crippen LogP contribution is 2.23. The van der Waals surface area contributed by atoms with E-state index in [1.165, 1.54) is 0 Å². The molecule has 0 aliphatic rings. The van der Waals surface area contributed by atoms with Crippen LogP contribution in [-0.2, 0) is 23.1 Å². The van der Waals surface area contributed by atoms with Crippen LogP contribution in [0, 0.1) is 0 Å². The molecule has 3 rings (SSSR count). The van der Waals surface area contributed by atoms with Gasteiger partial charge < -0.3 is 14.0 Å². The van der Waals surface area contributed by atoms with Gasteiger partial charge >= 0.3 is 0 Å². The zero-order chi connectivity index (χ0) is 17.1. The molecule has 0 spiro atoms. The van der Waals surface area contributed by atoms with Crippen LogP contribution in [0.25, 0.3) is 21.9 Å². The Bertz CT molecular complexity index is 892. The number of hydrogen-bond acceptors (Lipinski definition) is 4. The molecule has 1 aromatic carbocycles. The van der Waals surface area contributed by atoms with Gasteiger partial charge in [0.05, 0.1) is 11.8 Å². The minimum Gasteiger partial charge on any atom is -0.353 e. The second-order valence-corrected chi connectivity index (χ2v) is 5.65. The van der Waals surface area contributed by atoms with Crippen LogP contribution in [0.5, 0.6) is 0 Å². The number of rotatable bonds is 7. The zero-order valence-corrected chi connectivity index (χ0v) is 14.4. The fourth-order valence-electron chi connectivity index (χ4n) is 3.05. The van der Waals surface area contributed by atoms with Crippen molar-refractivity contribution >= 4 is 21.9 Å². The van der Waals surface area contributed by atoms with Crippen LogP contribution in [0.4, 0.5) is 0 Å². The molecule has 0 bridgehead atoms. The molecule has 0 saturated heterocycles. The van der Waals surface area contributed by atoms with Gasteiger partial charge in [0, 0.05) is 38.6 Å². The van der Waals surface area contributed by atoms with Crippen LogP contribution in [0.1, 0.15) is 20.3 Å². The maximum absolute atomic E-state index is 12.9. The Morgan fingerprint density at radius 3 is 2.58 bits per heavy atom. The third kappa shape index (κ3) is 2.95. The molecule has 0 N–H and O–H groups in total. The topological polar surface area (TPSA) is 58.3 Å². The van der Waals surface area contributed by atoms with E-state index in [0.717, 1.165) is 16.4 Å². The van der Waals surface area contributed by atoms with Crippen molar-refractivity contribution in [1.82, 2.24) is 14.1 Å². The monoisotopic (exact) mass is 329 g/mol. The minimum atomic E-state index is -0.296. The van der Waals surface area contributed by atoms with E-state index in [4.69, 9.17) is 9.47 Å². The average molecular weight is 329 g/mol. The normalized spacial score (nSPS) is 11.8. The molecule has 2 heterocycles. The predicted molar refractivity (Wildman–Crippen MR) is 94.1 cm³/mol. The molecule has 6 nitrogen and oxygen atoms in total. The molecule has 3 aromatic rings. The van der Waals surface area contributed by atoms with E-state index in [1.807, 2.05) is 49.7 Å². The van der Waals surface area contributed by atoms with Crippen molar-refractivity contribution in [1.29, 1.82) is 0 Å².